The lowest BCUT2D eigenvalue weighted by molar-refractivity contribution is 0.172. The maximum Gasteiger partial charge on any atom is 0.119 e. The number of methoxy groups -OCH3 is 1. The van der Waals surface area contributed by atoms with Crippen molar-refractivity contribution in [3.63, 3.8) is 0 Å². The predicted molar refractivity (Wildman–Crippen MR) is 65.8 cm³/mol. The summed E-state index contributed by atoms with van der Waals surface area (Å²) in [5.41, 5.74) is 6.77. The zero-order chi connectivity index (χ0) is 11.6. The second kappa shape index (κ2) is 8.13. The molecule has 0 aliphatic rings. The van der Waals surface area contributed by atoms with Crippen molar-refractivity contribution in [2.75, 3.05) is 26.9 Å². The summed E-state index contributed by atoms with van der Waals surface area (Å²) in [7, 11) is 1.70. The smallest absolute Gasteiger partial charge is 0.119 e. The van der Waals surface area contributed by atoms with Gasteiger partial charge in [-0.15, -0.1) is 0 Å². The quantitative estimate of drug-likeness (QED) is 0.685. The third-order valence-corrected chi connectivity index (χ3v) is 2.33. The highest BCUT2D eigenvalue weighted by molar-refractivity contribution is 5.28. The van der Waals surface area contributed by atoms with Crippen molar-refractivity contribution in [1.82, 2.24) is 0 Å². The topological polar surface area (TPSA) is 44.5 Å². The van der Waals surface area contributed by atoms with Crippen LogP contribution in [0.25, 0.3) is 0 Å². The molecular weight excluding hydrogens is 202 g/mol. The summed E-state index contributed by atoms with van der Waals surface area (Å²) < 4.78 is 10.6. The molecule has 0 aromatic heterocycles. The van der Waals surface area contributed by atoms with Crippen LogP contribution in [0.3, 0.4) is 0 Å². The molecule has 90 valence electrons. The molecule has 3 heteroatoms. The molecule has 0 unspecified atom stereocenters. The van der Waals surface area contributed by atoms with Crippen molar-refractivity contribution in [3.05, 3.63) is 29.8 Å². The van der Waals surface area contributed by atoms with Crippen LogP contribution in [0.2, 0.25) is 0 Å². The minimum absolute atomic E-state index is 0.703. The Hall–Kier alpha value is -1.06. The Morgan fingerprint density at radius 3 is 2.81 bits per heavy atom. The molecule has 0 bridgehead atoms. The van der Waals surface area contributed by atoms with E-state index in [1.54, 1.807) is 7.11 Å². The summed E-state index contributed by atoms with van der Waals surface area (Å²) in [6.07, 6.45) is 2.96. The number of benzene rings is 1. The fourth-order valence-corrected chi connectivity index (χ4v) is 1.49. The van der Waals surface area contributed by atoms with Gasteiger partial charge in [-0.3, -0.25) is 0 Å². The zero-order valence-electron chi connectivity index (χ0n) is 9.95. The average Bonchev–Trinajstić information content (AvgIpc) is 2.33. The molecule has 0 radical (unpaired) electrons. The van der Waals surface area contributed by atoms with E-state index < -0.39 is 0 Å². The van der Waals surface area contributed by atoms with Crippen LogP contribution in [-0.2, 0) is 11.2 Å². The van der Waals surface area contributed by atoms with Crippen LogP contribution in [-0.4, -0.2) is 26.9 Å². The summed E-state index contributed by atoms with van der Waals surface area (Å²) >= 11 is 0. The maximum atomic E-state index is 5.62. The van der Waals surface area contributed by atoms with Crippen molar-refractivity contribution in [2.24, 2.45) is 5.73 Å². The molecule has 0 aliphatic carbocycles. The summed E-state index contributed by atoms with van der Waals surface area (Å²) in [6, 6.07) is 8.20. The highest BCUT2D eigenvalue weighted by Gasteiger charge is 1.97. The van der Waals surface area contributed by atoms with Gasteiger partial charge in [0.1, 0.15) is 5.75 Å². The van der Waals surface area contributed by atoms with Crippen molar-refractivity contribution >= 4 is 0 Å². The van der Waals surface area contributed by atoms with Gasteiger partial charge in [-0.1, -0.05) is 12.1 Å². The maximum absolute atomic E-state index is 5.62. The number of hydrogen-bond acceptors (Lipinski definition) is 3. The largest absolute Gasteiger partial charge is 0.493 e. The Kier molecular flexibility index (Phi) is 6.61. The van der Waals surface area contributed by atoms with E-state index in [4.69, 9.17) is 15.2 Å². The van der Waals surface area contributed by atoms with E-state index in [2.05, 4.69) is 12.1 Å². The number of ether oxygens (including phenoxy) is 2. The van der Waals surface area contributed by atoms with Gasteiger partial charge in [0.2, 0.25) is 0 Å². The number of rotatable bonds is 8. The molecule has 1 aromatic carbocycles. The molecular formula is C13H21NO2. The lowest BCUT2D eigenvalue weighted by atomic mass is 10.1. The number of aryl methyl sites for hydroxylation is 1. The van der Waals surface area contributed by atoms with Gasteiger partial charge in [0.15, 0.2) is 0 Å². The van der Waals surface area contributed by atoms with Crippen molar-refractivity contribution in [1.29, 1.82) is 0 Å². The van der Waals surface area contributed by atoms with Gasteiger partial charge in [0, 0.05) is 20.1 Å². The average molecular weight is 223 g/mol. The zero-order valence-corrected chi connectivity index (χ0v) is 9.95. The lowest BCUT2D eigenvalue weighted by Gasteiger charge is -2.07. The minimum atomic E-state index is 0.703. The van der Waals surface area contributed by atoms with Crippen LogP contribution in [0.4, 0.5) is 0 Å². The first-order valence-corrected chi connectivity index (χ1v) is 5.77. The Labute approximate surface area is 97.6 Å². The summed E-state index contributed by atoms with van der Waals surface area (Å²) in [5.74, 6) is 0.936. The molecule has 0 heterocycles. The monoisotopic (exact) mass is 223 g/mol. The van der Waals surface area contributed by atoms with Gasteiger partial charge in [0.25, 0.3) is 0 Å². The molecule has 0 spiro atoms. The second-order valence-corrected chi connectivity index (χ2v) is 3.73. The molecule has 2 N–H and O–H groups in total. The third kappa shape index (κ3) is 5.14. The molecule has 0 amide bonds. The fourth-order valence-electron chi connectivity index (χ4n) is 1.49. The van der Waals surface area contributed by atoms with Gasteiger partial charge in [0.05, 0.1) is 6.61 Å². The van der Waals surface area contributed by atoms with Crippen molar-refractivity contribution < 1.29 is 9.47 Å². The van der Waals surface area contributed by atoms with Crippen LogP contribution >= 0.6 is 0 Å². The standard InChI is InChI=1S/C13H21NO2/c1-15-9-4-10-16-13-7-2-5-12(11-13)6-3-8-14/h2,5,7,11H,3-4,6,8-10,14H2,1H3. The SMILES string of the molecule is COCCCOc1cccc(CCCN)c1. The van der Waals surface area contributed by atoms with E-state index in [0.717, 1.165) is 38.2 Å². The summed E-state index contributed by atoms with van der Waals surface area (Å²) in [4.78, 5) is 0. The Balaban J connectivity index is 2.35. The van der Waals surface area contributed by atoms with E-state index in [1.165, 1.54) is 5.56 Å². The molecule has 0 saturated heterocycles. The highest BCUT2D eigenvalue weighted by Crippen LogP contribution is 2.14. The van der Waals surface area contributed by atoms with Crippen LogP contribution in [0.15, 0.2) is 24.3 Å². The predicted octanol–water partition coefficient (Wildman–Crippen LogP) is 1.99. The van der Waals surface area contributed by atoms with Crippen molar-refractivity contribution in [2.45, 2.75) is 19.3 Å². The normalized spacial score (nSPS) is 10.4. The third-order valence-electron chi connectivity index (χ3n) is 2.33. The summed E-state index contributed by atoms with van der Waals surface area (Å²) in [5, 5.41) is 0. The Morgan fingerprint density at radius 1 is 1.19 bits per heavy atom. The Bertz CT molecular complexity index is 289. The summed E-state index contributed by atoms with van der Waals surface area (Å²) in [6.45, 7) is 2.18. The van der Waals surface area contributed by atoms with Crippen LogP contribution in [0, 0.1) is 0 Å². The van der Waals surface area contributed by atoms with E-state index in [-0.39, 0.29) is 0 Å². The van der Waals surface area contributed by atoms with Gasteiger partial charge in [-0.05, 0) is 37.1 Å². The Morgan fingerprint density at radius 2 is 2.06 bits per heavy atom. The van der Waals surface area contributed by atoms with Crippen LogP contribution < -0.4 is 10.5 Å². The fraction of sp³-hybridized carbons (Fsp3) is 0.538. The highest BCUT2D eigenvalue weighted by atomic mass is 16.5. The molecule has 0 saturated carbocycles. The van der Waals surface area contributed by atoms with Gasteiger partial charge >= 0.3 is 0 Å². The lowest BCUT2D eigenvalue weighted by Crippen LogP contribution is -2.02. The first kappa shape index (κ1) is 13.0. The van der Waals surface area contributed by atoms with Crippen LogP contribution in [0.5, 0.6) is 5.75 Å². The van der Waals surface area contributed by atoms with Crippen LogP contribution in [0.1, 0.15) is 18.4 Å². The molecule has 1 aromatic rings. The molecule has 3 nitrogen and oxygen atoms in total. The second-order valence-electron chi connectivity index (χ2n) is 3.73. The molecule has 0 fully saturated rings. The molecule has 0 aliphatic heterocycles. The van der Waals surface area contributed by atoms with Crippen molar-refractivity contribution in [3.8, 4) is 5.75 Å². The van der Waals surface area contributed by atoms with E-state index in [0.29, 0.717) is 6.61 Å². The first-order valence-electron chi connectivity index (χ1n) is 5.77. The van der Waals surface area contributed by atoms with E-state index in [1.807, 2.05) is 12.1 Å². The molecule has 16 heavy (non-hydrogen) atoms. The molecule has 0 atom stereocenters. The first-order chi connectivity index (χ1) is 7.86. The number of nitrogens with two attached hydrogens (primary N) is 1. The molecule has 1 rings (SSSR count). The van der Waals surface area contributed by atoms with Gasteiger partial charge < -0.3 is 15.2 Å². The van der Waals surface area contributed by atoms with E-state index in [9.17, 15) is 0 Å². The minimum Gasteiger partial charge on any atom is -0.493 e. The van der Waals surface area contributed by atoms with Gasteiger partial charge in [-0.25, -0.2) is 0 Å². The van der Waals surface area contributed by atoms with E-state index >= 15 is 0 Å². The van der Waals surface area contributed by atoms with Gasteiger partial charge in [-0.2, -0.15) is 0 Å². The number of hydrogen-bond donors (Lipinski definition) is 1.